The minimum absolute atomic E-state index is 0.0927. The number of rotatable bonds is 9. The summed E-state index contributed by atoms with van der Waals surface area (Å²) in [6.07, 6.45) is 2.67. The van der Waals surface area contributed by atoms with Gasteiger partial charge < -0.3 is 25.7 Å². The molecule has 0 radical (unpaired) electrons. The van der Waals surface area contributed by atoms with Crippen LogP contribution in [0.5, 0.6) is 0 Å². The van der Waals surface area contributed by atoms with E-state index >= 15 is 0 Å². The van der Waals surface area contributed by atoms with Crippen LogP contribution in [-0.4, -0.2) is 77.7 Å². The van der Waals surface area contributed by atoms with Crippen LogP contribution >= 0.6 is 11.8 Å². The number of nitrogens with zero attached hydrogens (tertiary/aromatic N) is 3. The Balaban J connectivity index is 1.20. The fourth-order valence-corrected chi connectivity index (χ4v) is 5.37. The second-order valence-electron chi connectivity index (χ2n) is 8.82. The number of carbonyl (C=O) groups is 1. The average molecular weight is 509 g/mol. The van der Waals surface area contributed by atoms with Gasteiger partial charge in [0, 0.05) is 48.1 Å². The summed E-state index contributed by atoms with van der Waals surface area (Å²) in [5, 5.41) is 13.9. The van der Waals surface area contributed by atoms with Crippen molar-refractivity contribution >= 4 is 45.1 Å². The second-order valence-corrected chi connectivity index (χ2v) is 9.94. The lowest BCUT2D eigenvalue weighted by molar-refractivity contribution is 0.0374. The molecule has 5 rings (SSSR count). The maximum absolute atomic E-state index is 12.6. The Kier molecular flexibility index (Phi) is 7.71. The van der Waals surface area contributed by atoms with Crippen molar-refractivity contribution < 1.29 is 9.53 Å². The number of anilines is 2. The number of aromatic amines is 1. The smallest absolute Gasteiger partial charge is 0.267 e. The number of amides is 1. The molecule has 4 heterocycles. The van der Waals surface area contributed by atoms with E-state index in [-0.39, 0.29) is 11.4 Å². The molecular formula is C25H32N8O2S. The Labute approximate surface area is 214 Å². The zero-order valence-electron chi connectivity index (χ0n) is 20.6. The van der Waals surface area contributed by atoms with Crippen LogP contribution in [0.1, 0.15) is 29.5 Å². The van der Waals surface area contributed by atoms with Crippen LogP contribution < -0.4 is 21.3 Å². The number of hydrogen-bond acceptors (Lipinski definition) is 9. The zero-order valence-corrected chi connectivity index (χ0v) is 21.4. The molecule has 10 nitrogen and oxygen atoms in total. The van der Waals surface area contributed by atoms with Gasteiger partial charge >= 0.3 is 0 Å². The summed E-state index contributed by atoms with van der Waals surface area (Å²) in [5.74, 6) is 0.430. The summed E-state index contributed by atoms with van der Waals surface area (Å²) < 4.78 is 5.38. The number of allylic oxidation sites excluding steroid dienone is 1. The molecule has 0 bridgehead atoms. The van der Waals surface area contributed by atoms with E-state index in [0.29, 0.717) is 18.2 Å². The lowest BCUT2D eigenvalue weighted by Gasteiger charge is -2.26. The molecule has 1 atom stereocenters. The predicted octanol–water partition coefficient (Wildman–Crippen LogP) is 2.68. The van der Waals surface area contributed by atoms with E-state index in [1.54, 1.807) is 18.0 Å². The van der Waals surface area contributed by atoms with E-state index in [1.807, 2.05) is 44.3 Å². The molecule has 11 heteroatoms. The first-order chi connectivity index (χ1) is 17.6. The molecule has 0 spiro atoms. The Bertz CT molecular complexity index is 1250. The van der Waals surface area contributed by atoms with Crippen LogP contribution in [0.15, 0.2) is 42.2 Å². The van der Waals surface area contributed by atoms with Gasteiger partial charge in [0.25, 0.3) is 5.91 Å². The van der Waals surface area contributed by atoms with E-state index in [4.69, 9.17) is 9.72 Å². The first-order valence-electron chi connectivity index (χ1n) is 12.2. The molecule has 1 saturated heterocycles. The molecule has 190 valence electrons. The number of nitrogens with one attached hydrogen (secondary N) is 5. The van der Waals surface area contributed by atoms with E-state index in [1.165, 1.54) is 0 Å². The number of benzene rings is 1. The molecular weight excluding hydrogens is 476 g/mol. The maximum atomic E-state index is 12.6. The van der Waals surface area contributed by atoms with Crippen molar-refractivity contribution in [1.82, 2.24) is 35.8 Å². The molecule has 2 aliphatic heterocycles. The quantitative estimate of drug-likeness (QED) is 0.278. The van der Waals surface area contributed by atoms with Crippen LogP contribution in [0.4, 0.5) is 11.6 Å². The lowest BCUT2D eigenvalue weighted by Crippen LogP contribution is -2.38. The Morgan fingerprint density at radius 1 is 1.25 bits per heavy atom. The summed E-state index contributed by atoms with van der Waals surface area (Å²) in [7, 11) is 1.92. The normalized spacial score (nSPS) is 18.4. The topological polar surface area (TPSA) is 119 Å². The number of morpholine rings is 1. The number of hydrogen-bond donors (Lipinski definition) is 5. The third kappa shape index (κ3) is 5.81. The van der Waals surface area contributed by atoms with Gasteiger partial charge in [0.05, 0.1) is 23.8 Å². The highest BCUT2D eigenvalue weighted by atomic mass is 32.2. The van der Waals surface area contributed by atoms with Gasteiger partial charge in [-0.15, -0.1) is 0 Å². The Morgan fingerprint density at radius 2 is 2.11 bits per heavy atom. The third-order valence-corrected chi connectivity index (χ3v) is 7.58. The van der Waals surface area contributed by atoms with E-state index in [0.717, 1.165) is 72.2 Å². The summed E-state index contributed by atoms with van der Waals surface area (Å²) in [4.78, 5) is 28.4. The van der Waals surface area contributed by atoms with Crippen LogP contribution in [-0.2, 0) is 4.74 Å². The van der Waals surface area contributed by atoms with Crippen LogP contribution in [0, 0.1) is 0 Å². The molecule has 0 aliphatic carbocycles. The number of thioether (sulfide) groups is 1. The Morgan fingerprint density at radius 3 is 2.92 bits per heavy atom. The number of carbonyl (C=O) groups excluding carboxylic acids is 1. The van der Waals surface area contributed by atoms with Gasteiger partial charge in [-0.1, -0.05) is 11.8 Å². The largest absolute Gasteiger partial charge is 0.379 e. The SMILES string of the molecule is CNC1NC(C)=C(c2ccnc(Nc3ccc4[nH]c(C(=O)NCCCN5CCOCC5)cc4c3)n2)S1. The fraction of sp³-hybridized carbons (Fsp3) is 0.400. The van der Waals surface area contributed by atoms with Crippen molar-refractivity contribution in [2.45, 2.75) is 18.8 Å². The molecule has 1 amide bonds. The molecule has 2 aliphatic rings. The first kappa shape index (κ1) is 24.6. The molecule has 1 aromatic carbocycles. The van der Waals surface area contributed by atoms with E-state index < -0.39 is 0 Å². The predicted molar refractivity (Wildman–Crippen MR) is 144 cm³/mol. The summed E-state index contributed by atoms with van der Waals surface area (Å²) >= 11 is 1.70. The van der Waals surface area contributed by atoms with Crippen LogP contribution in [0.3, 0.4) is 0 Å². The molecule has 2 aromatic heterocycles. The number of H-pyrrole nitrogens is 1. The highest BCUT2D eigenvalue weighted by Crippen LogP contribution is 2.36. The molecule has 0 saturated carbocycles. The van der Waals surface area contributed by atoms with Crippen LogP contribution in [0.25, 0.3) is 15.8 Å². The highest BCUT2D eigenvalue weighted by molar-refractivity contribution is 8.09. The monoisotopic (exact) mass is 508 g/mol. The first-order valence-corrected chi connectivity index (χ1v) is 13.1. The molecule has 36 heavy (non-hydrogen) atoms. The second kappa shape index (κ2) is 11.3. The van der Waals surface area contributed by atoms with Crippen molar-refractivity contribution in [3.05, 3.63) is 53.6 Å². The summed E-state index contributed by atoms with van der Waals surface area (Å²) in [6, 6.07) is 9.69. The molecule has 1 fully saturated rings. The van der Waals surface area contributed by atoms with Crippen molar-refractivity contribution in [3.63, 3.8) is 0 Å². The Hall–Kier alpha value is -3.12. The van der Waals surface area contributed by atoms with Crippen molar-refractivity contribution in [2.75, 3.05) is 51.8 Å². The zero-order chi connectivity index (χ0) is 24.9. The number of aromatic nitrogens is 3. The highest BCUT2D eigenvalue weighted by Gasteiger charge is 2.22. The van der Waals surface area contributed by atoms with Gasteiger partial charge in [-0.25, -0.2) is 9.97 Å². The standard InChI is InChI=1S/C25H32N8O2S/c1-16-22(36-25(26-2)29-16)20-6-8-28-24(32-20)30-18-4-5-19-17(14-18)15-21(31-19)23(34)27-7-3-9-33-10-12-35-13-11-33/h4-6,8,14-15,25-26,29,31H,3,7,9-13H2,1-2H3,(H,27,34)(H,28,30,32). The van der Waals surface area contributed by atoms with Crippen molar-refractivity contribution in [2.24, 2.45) is 0 Å². The maximum Gasteiger partial charge on any atom is 0.267 e. The van der Waals surface area contributed by atoms with Gasteiger partial charge in [0.1, 0.15) is 11.2 Å². The summed E-state index contributed by atoms with van der Waals surface area (Å²) in [5.41, 5.74) is 4.41. The average Bonchev–Trinajstić information content (AvgIpc) is 3.50. The van der Waals surface area contributed by atoms with Gasteiger partial charge in [0.2, 0.25) is 5.95 Å². The van der Waals surface area contributed by atoms with E-state index in [9.17, 15) is 4.79 Å². The van der Waals surface area contributed by atoms with Gasteiger partial charge in [0.15, 0.2) is 0 Å². The third-order valence-electron chi connectivity index (χ3n) is 6.24. The molecule has 1 unspecified atom stereocenters. The summed E-state index contributed by atoms with van der Waals surface area (Å²) in [6.45, 7) is 7.18. The van der Waals surface area contributed by atoms with Gasteiger partial charge in [-0.2, -0.15) is 0 Å². The number of fused-ring (bicyclic) bond motifs is 1. The fourth-order valence-electron chi connectivity index (χ4n) is 4.31. The van der Waals surface area contributed by atoms with Gasteiger partial charge in [-0.3, -0.25) is 15.0 Å². The van der Waals surface area contributed by atoms with Crippen LogP contribution in [0.2, 0.25) is 0 Å². The van der Waals surface area contributed by atoms with Crippen molar-refractivity contribution in [1.29, 1.82) is 0 Å². The lowest BCUT2D eigenvalue weighted by atomic mass is 10.2. The van der Waals surface area contributed by atoms with E-state index in [2.05, 4.69) is 36.1 Å². The van der Waals surface area contributed by atoms with Crippen molar-refractivity contribution in [3.8, 4) is 0 Å². The molecule has 3 aromatic rings. The molecule has 5 N–H and O–H groups in total. The minimum Gasteiger partial charge on any atom is -0.379 e. The minimum atomic E-state index is -0.0927. The van der Waals surface area contributed by atoms with Gasteiger partial charge in [-0.05, 0) is 57.3 Å². The number of ether oxygens (including phenoxy) is 1.